The molecule has 192 valence electrons. The van der Waals surface area contributed by atoms with E-state index in [9.17, 15) is 15.3 Å². The molecule has 0 saturated heterocycles. The molecule has 0 bridgehead atoms. The predicted molar refractivity (Wildman–Crippen MR) is 142 cm³/mol. The highest BCUT2D eigenvalue weighted by molar-refractivity contribution is 5.03. The van der Waals surface area contributed by atoms with Gasteiger partial charge in [-0.15, -0.1) is 0 Å². The lowest BCUT2D eigenvalue weighted by molar-refractivity contribution is 0.0653. The van der Waals surface area contributed by atoms with Crippen molar-refractivity contribution in [3.05, 3.63) is 36.5 Å². The number of rotatable bonds is 3. The number of aliphatic hydroxyl groups excluding tert-OH is 3. The summed E-state index contributed by atoms with van der Waals surface area (Å²) in [5.74, 6) is 3.19. The van der Waals surface area contributed by atoms with Gasteiger partial charge in [-0.1, -0.05) is 57.2 Å². The molecule has 3 heteroatoms. The lowest BCUT2D eigenvalue weighted by Crippen LogP contribution is -2.28. The fraction of sp³-hybridized carbons (Fsp3) is 0.800. The van der Waals surface area contributed by atoms with E-state index in [1.807, 2.05) is 20.8 Å². The van der Waals surface area contributed by atoms with Crippen LogP contribution in [0.15, 0.2) is 36.5 Å². The van der Waals surface area contributed by atoms with Crippen LogP contribution in [0.25, 0.3) is 0 Å². The lowest BCUT2D eigenvalue weighted by atomic mass is 9.78. The molecule has 3 aliphatic carbocycles. The molecule has 3 nitrogen and oxygen atoms in total. The summed E-state index contributed by atoms with van der Waals surface area (Å²) >= 11 is 0. The van der Waals surface area contributed by atoms with Crippen LogP contribution in [-0.2, 0) is 0 Å². The van der Waals surface area contributed by atoms with E-state index in [1.165, 1.54) is 19.3 Å². The highest BCUT2D eigenvalue weighted by Crippen LogP contribution is 2.34. The Balaban J connectivity index is 0.000000247. The standard InChI is InChI=1S/3C10H18O/c3*1-7(2)9-5-4-8(3)6-10(9)11/h3*8-11H,1,4-6H2,2-3H3/t8-,9?,10?;8-,9-,10+;8-,9-,10-/m111/s1. The minimum absolute atomic E-state index is 0.128. The van der Waals surface area contributed by atoms with Gasteiger partial charge in [0.15, 0.2) is 0 Å². The van der Waals surface area contributed by atoms with E-state index in [4.69, 9.17) is 0 Å². The van der Waals surface area contributed by atoms with Crippen molar-refractivity contribution in [3.63, 3.8) is 0 Å². The largest absolute Gasteiger partial charge is 0.392 e. The summed E-state index contributed by atoms with van der Waals surface area (Å²) in [5.41, 5.74) is 3.43. The predicted octanol–water partition coefficient (Wildman–Crippen LogP) is 7.08. The molecule has 2 unspecified atom stereocenters. The smallest absolute Gasteiger partial charge is 0.0607 e. The van der Waals surface area contributed by atoms with Gasteiger partial charge in [0, 0.05) is 17.8 Å². The Bertz CT molecular complexity index is 538. The highest BCUT2D eigenvalue weighted by atomic mass is 16.3. The second-order valence-corrected chi connectivity index (χ2v) is 11.8. The molecule has 0 aromatic carbocycles. The Morgan fingerprint density at radius 1 is 0.485 bits per heavy atom. The van der Waals surface area contributed by atoms with Crippen molar-refractivity contribution in [2.75, 3.05) is 0 Å². The van der Waals surface area contributed by atoms with E-state index >= 15 is 0 Å². The summed E-state index contributed by atoms with van der Waals surface area (Å²) in [6, 6.07) is 0. The molecule has 0 heterocycles. The first-order chi connectivity index (χ1) is 15.3. The van der Waals surface area contributed by atoms with Gasteiger partial charge in [0.05, 0.1) is 18.3 Å². The summed E-state index contributed by atoms with van der Waals surface area (Å²) < 4.78 is 0. The van der Waals surface area contributed by atoms with Crippen LogP contribution in [0.4, 0.5) is 0 Å². The summed E-state index contributed by atoms with van der Waals surface area (Å²) in [6.07, 6.45) is 9.58. The van der Waals surface area contributed by atoms with Crippen molar-refractivity contribution in [1.29, 1.82) is 0 Å². The molecule has 3 fully saturated rings. The quantitative estimate of drug-likeness (QED) is 0.393. The molecule has 3 N–H and O–H groups in total. The van der Waals surface area contributed by atoms with Crippen molar-refractivity contribution in [2.45, 2.75) is 118 Å². The third-order valence-corrected chi connectivity index (χ3v) is 8.14. The average molecular weight is 463 g/mol. The molecule has 3 rings (SSSR count). The van der Waals surface area contributed by atoms with E-state index in [1.54, 1.807) is 0 Å². The van der Waals surface area contributed by atoms with E-state index in [2.05, 4.69) is 40.5 Å². The molecule has 0 amide bonds. The van der Waals surface area contributed by atoms with E-state index in [-0.39, 0.29) is 18.3 Å². The summed E-state index contributed by atoms with van der Waals surface area (Å²) in [5, 5.41) is 28.9. The fourth-order valence-corrected chi connectivity index (χ4v) is 5.78. The minimum Gasteiger partial charge on any atom is -0.392 e. The first kappa shape index (κ1) is 30.1. The van der Waals surface area contributed by atoms with E-state index < -0.39 is 0 Å². The molecule has 33 heavy (non-hydrogen) atoms. The van der Waals surface area contributed by atoms with Crippen LogP contribution in [-0.4, -0.2) is 33.6 Å². The fourth-order valence-electron chi connectivity index (χ4n) is 5.78. The van der Waals surface area contributed by atoms with Gasteiger partial charge in [0.1, 0.15) is 0 Å². The molecule has 0 aliphatic heterocycles. The van der Waals surface area contributed by atoms with Crippen molar-refractivity contribution >= 4 is 0 Å². The SMILES string of the molecule is C=C(C)C1CC[C@@H](C)CC1O.C=C(C)[C@H]1CC[C@@H](C)C[C@@H]1O.C=C(C)[C@H]1CC[C@@H](C)C[C@H]1O. The van der Waals surface area contributed by atoms with Gasteiger partial charge >= 0.3 is 0 Å². The second kappa shape index (κ2) is 14.5. The zero-order chi connectivity index (χ0) is 25.3. The number of aliphatic hydroxyl groups is 3. The molecular weight excluding hydrogens is 408 g/mol. The summed E-state index contributed by atoms with van der Waals surface area (Å²) in [6.45, 7) is 24.4. The maximum absolute atomic E-state index is 9.65. The van der Waals surface area contributed by atoms with E-state index in [0.29, 0.717) is 35.5 Å². The topological polar surface area (TPSA) is 60.7 Å². The highest BCUT2D eigenvalue weighted by Gasteiger charge is 2.28. The Labute approximate surface area is 205 Å². The Morgan fingerprint density at radius 2 is 0.697 bits per heavy atom. The van der Waals surface area contributed by atoms with Crippen LogP contribution in [0.5, 0.6) is 0 Å². The Hall–Kier alpha value is -0.900. The molecule has 3 saturated carbocycles. The van der Waals surface area contributed by atoms with Gasteiger partial charge in [-0.25, -0.2) is 0 Å². The zero-order valence-corrected chi connectivity index (χ0v) is 22.5. The molecule has 0 radical (unpaired) electrons. The monoisotopic (exact) mass is 462 g/mol. The third kappa shape index (κ3) is 10.5. The molecule has 3 aliphatic rings. The van der Waals surface area contributed by atoms with E-state index in [0.717, 1.165) is 55.2 Å². The van der Waals surface area contributed by atoms with Crippen molar-refractivity contribution in [3.8, 4) is 0 Å². The first-order valence-corrected chi connectivity index (χ1v) is 13.3. The summed E-state index contributed by atoms with van der Waals surface area (Å²) in [7, 11) is 0. The van der Waals surface area contributed by atoms with Gasteiger partial charge in [-0.3, -0.25) is 0 Å². The van der Waals surface area contributed by atoms with Crippen molar-refractivity contribution < 1.29 is 15.3 Å². The molecule has 9 atom stereocenters. The maximum atomic E-state index is 9.65. The molecule has 0 aromatic rings. The number of hydrogen-bond donors (Lipinski definition) is 3. The van der Waals surface area contributed by atoms with Crippen molar-refractivity contribution in [2.24, 2.45) is 35.5 Å². The van der Waals surface area contributed by atoms with Gasteiger partial charge in [-0.05, 0) is 96.3 Å². The maximum Gasteiger partial charge on any atom is 0.0607 e. The average Bonchev–Trinajstić information content (AvgIpc) is 2.68. The van der Waals surface area contributed by atoms with Crippen LogP contribution >= 0.6 is 0 Å². The normalized spacial score (nSPS) is 38.6. The van der Waals surface area contributed by atoms with Crippen LogP contribution in [0.2, 0.25) is 0 Å². The first-order valence-electron chi connectivity index (χ1n) is 13.3. The zero-order valence-electron chi connectivity index (χ0n) is 22.5. The van der Waals surface area contributed by atoms with Gasteiger partial charge in [0.25, 0.3) is 0 Å². The Morgan fingerprint density at radius 3 is 0.848 bits per heavy atom. The van der Waals surface area contributed by atoms with Gasteiger partial charge in [0.2, 0.25) is 0 Å². The van der Waals surface area contributed by atoms with Crippen LogP contribution in [0.3, 0.4) is 0 Å². The van der Waals surface area contributed by atoms with Crippen LogP contribution in [0, 0.1) is 35.5 Å². The lowest BCUT2D eigenvalue weighted by Gasteiger charge is -2.31. The van der Waals surface area contributed by atoms with Crippen LogP contribution in [0.1, 0.15) is 99.3 Å². The van der Waals surface area contributed by atoms with Crippen molar-refractivity contribution in [1.82, 2.24) is 0 Å². The third-order valence-electron chi connectivity index (χ3n) is 8.14. The second-order valence-electron chi connectivity index (χ2n) is 11.8. The van der Waals surface area contributed by atoms with Gasteiger partial charge < -0.3 is 15.3 Å². The Kier molecular flexibility index (Phi) is 13.2. The molecular formula is C30H54O3. The molecule has 0 aromatic heterocycles. The van der Waals surface area contributed by atoms with Crippen LogP contribution < -0.4 is 0 Å². The minimum atomic E-state index is -0.128. The van der Waals surface area contributed by atoms with Gasteiger partial charge in [-0.2, -0.15) is 0 Å². The number of hydrogen-bond acceptors (Lipinski definition) is 3. The molecule has 0 spiro atoms. The summed E-state index contributed by atoms with van der Waals surface area (Å²) in [4.78, 5) is 0.